The molecule has 0 saturated heterocycles. The first-order valence-corrected chi connectivity index (χ1v) is 6.41. The molecule has 0 aliphatic carbocycles. The number of amides is 1. The minimum absolute atomic E-state index is 0.0370. The van der Waals surface area contributed by atoms with Crippen LogP contribution in [0.25, 0.3) is 11.0 Å². The third-order valence-electron chi connectivity index (χ3n) is 3.16. The molecule has 1 amide bonds. The Hall–Kier alpha value is -2.64. The van der Waals surface area contributed by atoms with Gasteiger partial charge < -0.3 is 16.2 Å². The number of hydrogen-bond acceptors (Lipinski definition) is 5. The lowest BCUT2D eigenvalue weighted by molar-refractivity contribution is -0.118. The summed E-state index contributed by atoms with van der Waals surface area (Å²) in [4.78, 5) is 26.5. The second-order valence-electron chi connectivity index (χ2n) is 4.98. The van der Waals surface area contributed by atoms with Gasteiger partial charge in [-0.05, 0) is 13.8 Å². The van der Waals surface area contributed by atoms with Gasteiger partial charge in [-0.3, -0.25) is 9.48 Å². The van der Waals surface area contributed by atoms with E-state index in [1.807, 2.05) is 0 Å². The third kappa shape index (κ3) is 2.78. The second-order valence-corrected chi connectivity index (χ2v) is 4.98. The first-order chi connectivity index (χ1) is 9.81. The van der Waals surface area contributed by atoms with Crippen molar-refractivity contribution in [3.8, 4) is 0 Å². The number of anilines is 1. The fourth-order valence-corrected chi connectivity index (χ4v) is 2.32. The zero-order valence-electron chi connectivity index (χ0n) is 12.0. The van der Waals surface area contributed by atoms with Crippen molar-refractivity contribution in [1.82, 2.24) is 14.8 Å². The second kappa shape index (κ2) is 5.39. The molecule has 0 fully saturated rings. The standard InChI is InChI=1S/C13H17N5O3/c1-6(4-9(14)19)16-11-8(13(20)21)5-15-12-10(11)7(2)17-18(12)3/h5-6H,4H2,1-3H3,(H2,14,19)(H,15,16)(H,20,21). The number of carbonyl (C=O) groups excluding carboxylic acids is 1. The van der Waals surface area contributed by atoms with Crippen LogP contribution >= 0.6 is 0 Å². The third-order valence-corrected chi connectivity index (χ3v) is 3.16. The van der Waals surface area contributed by atoms with Crippen LogP contribution in [0.2, 0.25) is 0 Å². The van der Waals surface area contributed by atoms with Crippen molar-refractivity contribution in [3.63, 3.8) is 0 Å². The van der Waals surface area contributed by atoms with Gasteiger partial charge in [-0.1, -0.05) is 0 Å². The van der Waals surface area contributed by atoms with Crippen LogP contribution in [-0.4, -0.2) is 37.8 Å². The van der Waals surface area contributed by atoms with Crippen LogP contribution in [0.4, 0.5) is 5.69 Å². The molecule has 21 heavy (non-hydrogen) atoms. The summed E-state index contributed by atoms with van der Waals surface area (Å²) in [6.07, 6.45) is 1.38. The molecule has 8 heteroatoms. The van der Waals surface area contributed by atoms with E-state index in [0.29, 0.717) is 22.4 Å². The molecule has 8 nitrogen and oxygen atoms in total. The molecule has 0 aliphatic rings. The summed E-state index contributed by atoms with van der Waals surface area (Å²) in [7, 11) is 1.74. The predicted molar refractivity (Wildman–Crippen MR) is 77.1 cm³/mol. The number of aromatic carboxylic acids is 1. The summed E-state index contributed by atoms with van der Waals surface area (Å²) >= 11 is 0. The van der Waals surface area contributed by atoms with E-state index in [-0.39, 0.29) is 18.0 Å². The highest BCUT2D eigenvalue weighted by atomic mass is 16.4. The van der Waals surface area contributed by atoms with Crippen molar-refractivity contribution in [2.24, 2.45) is 12.8 Å². The normalized spacial score (nSPS) is 12.3. The van der Waals surface area contributed by atoms with E-state index < -0.39 is 11.9 Å². The molecule has 112 valence electrons. The summed E-state index contributed by atoms with van der Waals surface area (Å²) in [5.41, 5.74) is 6.85. The highest BCUT2D eigenvalue weighted by Crippen LogP contribution is 2.29. The maximum absolute atomic E-state index is 11.4. The number of primary amides is 1. The Morgan fingerprint density at radius 2 is 2.19 bits per heavy atom. The molecule has 1 atom stereocenters. The van der Waals surface area contributed by atoms with Gasteiger partial charge in [-0.15, -0.1) is 0 Å². The molecule has 2 heterocycles. The van der Waals surface area contributed by atoms with Crippen LogP contribution in [0.5, 0.6) is 0 Å². The molecule has 0 radical (unpaired) electrons. The molecule has 1 unspecified atom stereocenters. The maximum atomic E-state index is 11.4. The summed E-state index contributed by atoms with van der Waals surface area (Å²) in [6, 6.07) is -0.300. The van der Waals surface area contributed by atoms with Crippen molar-refractivity contribution in [1.29, 1.82) is 0 Å². The molecule has 2 rings (SSSR count). The monoisotopic (exact) mass is 291 g/mol. The molecule has 0 bridgehead atoms. The Bertz CT molecular complexity index is 722. The van der Waals surface area contributed by atoms with E-state index in [1.165, 1.54) is 6.20 Å². The minimum Gasteiger partial charge on any atom is -0.478 e. The quantitative estimate of drug-likeness (QED) is 0.743. The Balaban J connectivity index is 2.59. The number of nitrogens with two attached hydrogens (primary N) is 1. The number of nitrogens with zero attached hydrogens (tertiary/aromatic N) is 3. The molecule has 2 aromatic rings. The number of hydrogen-bond donors (Lipinski definition) is 3. The molecule has 2 aromatic heterocycles. The van der Waals surface area contributed by atoms with Crippen LogP contribution in [0.3, 0.4) is 0 Å². The Kier molecular flexibility index (Phi) is 3.79. The summed E-state index contributed by atoms with van der Waals surface area (Å²) in [6.45, 7) is 3.54. The number of aryl methyl sites for hydroxylation is 2. The van der Waals surface area contributed by atoms with E-state index in [1.54, 1.807) is 25.6 Å². The molecule has 0 saturated carbocycles. The number of carboxylic acids is 1. The topological polar surface area (TPSA) is 123 Å². The molecule has 4 N–H and O–H groups in total. The average Bonchev–Trinajstić information content (AvgIpc) is 2.64. The van der Waals surface area contributed by atoms with Gasteiger partial charge in [-0.25, -0.2) is 9.78 Å². The van der Waals surface area contributed by atoms with E-state index >= 15 is 0 Å². The Morgan fingerprint density at radius 3 is 2.76 bits per heavy atom. The molecular weight excluding hydrogens is 274 g/mol. The van der Waals surface area contributed by atoms with Crippen molar-refractivity contribution < 1.29 is 14.7 Å². The minimum atomic E-state index is -1.10. The number of fused-ring (bicyclic) bond motifs is 1. The first-order valence-electron chi connectivity index (χ1n) is 6.41. The average molecular weight is 291 g/mol. The van der Waals surface area contributed by atoms with Crippen molar-refractivity contribution in [2.45, 2.75) is 26.3 Å². The fourth-order valence-electron chi connectivity index (χ4n) is 2.32. The number of rotatable bonds is 5. The van der Waals surface area contributed by atoms with Gasteiger partial charge in [0.15, 0.2) is 5.65 Å². The van der Waals surface area contributed by atoms with Gasteiger partial charge in [0, 0.05) is 25.7 Å². The fraction of sp³-hybridized carbons (Fsp3) is 0.385. The van der Waals surface area contributed by atoms with Gasteiger partial charge in [0.2, 0.25) is 5.91 Å². The SMILES string of the molecule is Cc1nn(C)c2ncc(C(=O)O)c(NC(C)CC(N)=O)c12. The van der Waals surface area contributed by atoms with Crippen LogP contribution in [0.15, 0.2) is 6.20 Å². The number of pyridine rings is 1. The summed E-state index contributed by atoms with van der Waals surface area (Å²) in [5.74, 6) is -1.55. The Labute approximate surface area is 121 Å². The lowest BCUT2D eigenvalue weighted by Crippen LogP contribution is -2.25. The van der Waals surface area contributed by atoms with Crippen molar-refractivity contribution in [3.05, 3.63) is 17.5 Å². The van der Waals surface area contributed by atoms with E-state index in [4.69, 9.17) is 5.73 Å². The highest BCUT2D eigenvalue weighted by Gasteiger charge is 2.20. The highest BCUT2D eigenvalue weighted by molar-refractivity contribution is 6.04. The largest absolute Gasteiger partial charge is 0.478 e. The van der Waals surface area contributed by atoms with Crippen molar-refractivity contribution >= 4 is 28.6 Å². The smallest absolute Gasteiger partial charge is 0.339 e. The molecule has 0 aromatic carbocycles. The van der Waals surface area contributed by atoms with Crippen LogP contribution in [0.1, 0.15) is 29.4 Å². The van der Waals surface area contributed by atoms with Crippen LogP contribution in [0, 0.1) is 6.92 Å². The molecular formula is C13H17N5O3. The number of nitrogens with one attached hydrogen (secondary N) is 1. The number of aromatic nitrogens is 3. The van der Waals surface area contributed by atoms with Gasteiger partial charge in [0.25, 0.3) is 0 Å². The first kappa shape index (κ1) is 14.8. The van der Waals surface area contributed by atoms with E-state index in [9.17, 15) is 14.7 Å². The Morgan fingerprint density at radius 1 is 1.52 bits per heavy atom. The summed E-state index contributed by atoms with van der Waals surface area (Å²) in [5, 5.41) is 17.2. The lowest BCUT2D eigenvalue weighted by Gasteiger charge is -2.16. The summed E-state index contributed by atoms with van der Waals surface area (Å²) < 4.78 is 1.58. The predicted octanol–water partition coefficient (Wildman–Crippen LogP) is 0.651. The maximum Gasteiger partial charge on any atom is 0.339 e. The lowest BCUT2D eigenvalue weighted by atomic mass is 10.1. The zero-order chi connectivity index (χ0) is 15.7. The van der Waals surface area contributed by atoms with Gasteiger partial charge in [0.05, 0.1) is 16.8 Å². The van der Waals surface area contributed by atoms with Crippen molar-refractivity contribution in [2.75, 3.05) is 5.32 Å². The number of carbonyl (C=O) groups is 2. The van der Waals surface area contributed by atoms with E-state index in [0.717, 1.165) is 0 Å². The van der Waals surface area contributed by atoms with Crippen LogP contribution in [-0.2, 0) is 11.8 Å². The van der Waals surface area contributed by atoms with Gasteiger partial charge >= 0.3 is 5.97 Å². The molecule has 0 spiro atoms. The molecule has 0 aliphatic heterocycles. The number of carboxylic acid groups (broad SMARTS) is 1. The van der Waals surface area contributed by atoms with Gasteiger partial charge in [-0.2, -0.15) is 5.10 Å². The van der Waals surface area contributed by atoms with Crippen LogP contribution < -0.4 is 11.1 Å². The van der Waals surface area contributed by atoms with E-state index in [2.05, 4.69) is 15.4 Å². The van der Waals surface area contributed by atoms with Gasteiger partial charge in [0.1, 0.15) is 5.56 Å². The zero-order valence-corrected chi connectivity index (χ0v) is 12.0.